The average Bonchev–Trinajstić information content (AvgIpc) is 3.16. The summed E-state index contributed by atoms with van der Waals surface area (Å²) in [6.07, 6.45) is 5.59. The van der Waals surface area contributed by atoms with Gasteiger partial charge in [0, 0.05) is 29.3 Å². The Kier molecular flexibility index (Phi) is 3.06. The smallest absolute Gasteiger partial charge is 0.282 e. The molecule has 25 heavy (non-hydrogen) atoms. The van der Waals surface area contributed by atoms with E-state index in [-0.39, 0.29) is 5.69 Å². The first-order valence-electron chi connectivity index (χ1n) is 8.18. The molecule has 1 aliphatic rings. The van der Waals surface area contributed by atoms with Crippen molar-refractivity contribution in [1.29, 1.82) is 0 Å². The van der Waals surface area contributed by atoms with Crippen molar-refractivity contribution >= 4 is 16.7 Å². The molecule has 0 amide bonds. The maximum absolute atomic E-state index is 13.1. The SMILES string of the molecule is FC(F)c1cnc2ccc(-c3c[nH]c4nc(C5CCC5)ncc34)nn12. The van der Waals surface area contributed by atoms with Gasteiger partial charge in [0.2, 0.25) is 0 Å². The number of hydrogen-bond acceptors (Lipinski definition) is 4. The number of aromatic nitrogens is 6. The van der Waals surface area contributed by atoms with Crippen LogP contribution >= 0.6 is 0 Å². The summed E-state index contributed by atoms with van der Waals surface area (Å²) in [5.74, 6) is 1.32. The molecule has 1 N–H and O–H groups in total. The van der Waals surface area contributed by atoms with Gasteiger partial charge in [-0.3, -0.25) is 0 Å². The Morgan fingerprint density at radius 2 is 2.04 bits per heavy atom. The van der Waals surface area contributed by atoms with Crippen LogP contribution in [0.2, 0.25) is 0 Å². The summed E-state index contributed by atoms with van der Waals surface area (Å²) >= 11 is 0. The van der Waals surface area contributed by atoms with Crippen LogP contribution in [0.5, 0.6) is 0 Å². The highest BCUT2D eigenvalue weighted by Gasteiger charge is 2.23. The molecule has 1 aliphatic carbocycles. The Balaban J connectivity index is 1.62. The predicted octanol–water partition coefficient (Wildman–Crippen LogP) is 3.87. The summed E-state index contributed by atoms with van der Waals surface area (Å²) in [6.45, 7) is 0. The Bertz CT molecular complexity index is 1080. The second-order valence-electron chi connectivity index (χ2n) is 6.29. The van der Waals surface area contributed by atoms with Gasteiger partial charge in [-0.2, -0.15) is 5.10 Å². The largest absolute Gasteiger partial charge is 0.345 e. The van der Waals surface area contributed by atoms with Gasteiger partial charge in [-0.05, 0) is 25.0 Å². The minimum atomic E-state index is -2.63. The highest BCUT2D eigenvalue weighted by Crippen LogP contribution is 2.35. The van der Waals surface area contributed by atoms with E-state index in [1.54, 1.807) is 24.5 Å². The molecule has 8 heteroatoms. The summed E-state index contributed by atoms with van der Waals surface area (Å²) in [5, 5.41) is 5.16. The monoisotopic (exact) mass is 340 g/mol. The molecule has 0 unspecified atom stereocenters. The van der Waals surface area contributed by atoms with Gasteiger partial charge in [-0.1, -0.05) is 6.42 Å². The van der Waals surface area contributed by atoms with Crippen LogP contribution in [-0.2, 0) is 0 Å². The Morgan fingerprint density at radius 1 is 1.16 bits per heavy atom. The normalized spacial score (nSPS) is 15.3. The number of hydrogen-bond donors (Lipinski definition) is 1. The quantitative estimate of drug-likeness (QED) is 0.614. The lowest BCUT2D eigenvalue weighted by Gasteiger charge is -2.23. The van der Waals surface area contributed by atoms with E-state index >= 15 is 0 Å². The number of halogens is 2. The van der Waals surface area contributed by atoms with Crippen LogP contribution in [-0.4, -0.2) is 29.5 Å². The summed E-state index contributed by atoms with van der Waals surface area (Å²) in [6, 6.07) is 3.44. The topological polar surface area (TPSA) is 71.8 Å². The van der Waals surface area contributed by atoms with Gasteiger partial charge >= 0.3 is 0 Å². The second-order valence-corrected chi connectivity index (χ2v) is 6.29. The maximum Gasteiger partial charge on any atom is 0.282 e. The van der Waals surface area contributed by atoms with Gasteiger partial charge < -0.3 is 4.98 Å². The molecule has 4 aromatic heterocycles. The lowest BCUT2D eigenvalue weighted by molar-refractivity contribution is 0.143. The lowest BCUT2D eigenvalue weighted by Crippen LogP contribution is -2.12. The van der Waals surface area contributed by atoms with Crippen LogP contribution in [0.1, 0.15) is 43.1 Å². The summed E-state index contributed by atoms with van der Waals surface area (Å²) < 4.78 is 27.4. The van der Waals surface area contributed by atoms with E-state index in [2.05, 4.69) is 25.0 Å². The third-order valence-corrected chi connectivity index (χ3v) is 4.81. The standard InChI is InChI=1S/C17H14F2N6/c18-15(19)13-8-20-14-5-4-12(24-25(13)14)10-6-22-17-11(10)7-21-16(23-17)9-2-1-3-9/h4-9,15H,1-3H2,(H,21,22,23). The van der Waals surface area contributed by atoms with Crippen LogP contribution in [0.4, 0.5) is 8.78 Å². The van der Waals surface area contributed by atoms with E-state index in [4.69, 9.17) is 0 Å². The molecule has 6 nitrogen and oxygen atoms in total. The summed E-state index contributed by atoms with van der Waals surface area (Å²) in [7, 11) is 0. The maximum atomic E-state index is 13.1. The number of imidazole rings is 1. The molecule has 0 aromatic carbocycles. The first kappa shape index (κ1) is 14.4. The van der Waals surface area contributed by atoms with Crippen molar-refractivity contribution in [3.05, 3.63) is 42.2 Å². The van der Waals surface area contributed by atoms with Crippen molar-refractivity contribution in [1.82, 2.24) is 29.5 Å². The molecular formula is C17H14F2N6. The van der Waals surface area contributed by atoms with Crippen LogP contribution in [0.3, 0.4) is 0 Å². The average molecular weight is 340 g/mol. The van der Waals surface area contributed by atoms with Gasteiger partial charge in [-0.15, -0.1) is 0 Å². The van der Waals surface area contributed by atoms with Crippen molar-refractivity contribution in [3.8, 4) is 11.3 Å². The molecule has 4 aromatic rings. The first-order valence-corrected chi connectivity index (χ1v) is 8.18. The number of fused-ring (bicyclic) bond motifs is 2. The zero-order valence-corrected chi connectivity index (χ0v) is 13.2. The second kappa shape index (κ2) is 5.30. The molecule has 126 valence electrons. The zero-order chi connectivity index (χ0) is 17.0. The summed E-state index contributed by atoms with van der Waals surface area (Å²) in [5.41, 5.74) is 2.26. The Morgan fingerprint density at radius 3 is 2.80 bits per heavy atom. The summed E-state index contributed by atoms with van der Waals surface area (Å²) in [4.78, 5) is 16.2. The minimum absolute atomic E-state index is 0.222. The molecule has 0 bridgehead atoms. The molecule has 1 saturated carbocycles. The molecule has 0 spiro atoms. The van der Waals surface area contributed by atoms with Crippen molar-refractivity contribution in [2.24, 2.45) is 0 Å². The van der Waals surface area contributed by atoms with E-state index in [0.29, 0.717) is 17.3 Å². The highest BCUT2D eigenvalue weighted by atomic mass is 19.3. The van der Waals surface area contributed by atoms with Gasteiger partial charge in [0.05, 0.1) is 11.9 Å². The Labute approximate surface area is 140 Å². The number of H-pyrrole nitrogens is 1. The van der Waals surface area contributed by atoms with Crippen LogP contribution in [0, 0.1) is 0 Å². The molecule has 1 fully saturated rings. The molecule has 0 atom stereocenters. The third-order valence-electron chi connectivity index (χ3n) is 4.81. The molecule has 5 rings (SSSR count). The molecule has 0 radical (unpaired) electrons. The Hall–Kier alpha value is -2.90. The number of aromatic amines is 1. The fourth-order valence-electron chi connectivity index (χ4n) is 3.18. The predicted molar refractivity (Wildman–Crippen MR) is 87.4 cm³/mol. The van der Waals surface area contributed by atoms with E-state index in [9.17, 15) is 8.78 Å². The van der Waals surface area contributed by atoms with Crippen molar-refractivity contribution in [2.75, 3.05) is 0 Å². The molecule has 4 heterocycles. The number of nitrogens with one attached hydrogen (secondary N) is 1. The van der Waals surface area contributed by atoms with E-state index in [1.165, 1.54) is 10.9 Å². The van der Waals surface area contributed by atoms with Gasteiger partial charge in [0.25, 0.3) is 6.43 Å². The van der Waals surface area contributed by atoms with Crippen molar-refractivity contribution in [3.63, 3.8) is 0 Å². The van der Waals surface area contributed by atoms with Crippen molar-refractivity contribution in [2.45, 2.75) is 31.6 Å². The molecule has 0 saturated heterocycles. The minimum Gasteiger partial charge on any atom is -0.345 e. The third kappa shape index (κ3) is 2.20. The fourth-order valence-corrected chi connectivity index (χ4v) is 3.18. The van der Waals surface area contributed by atoms with Gasteiger partial charge in [0.15, 0.2) is 5.65 Å². The van der Waals surface area contributed by atoms with Crippen LogP contribution in [0.25, 0.3) is 27.9 Å². The zero-order valence-electron chi connectivity index (χ0n) is 13.2. The van der Waals surface area contributed by atoms with Crippen molar-refractivity contribution < 1.29 is 8.78 Å². The van der Waals surface area contributed by atoms with E-state index in [1.807, 2.05) is 0 Å². The van der Waals surface area contributed by atoms with E-state index in [0.717, 1.165) is 41.5 Å². The van der Waals surface area contributed by atoms with E-state index < -0.39 is 6.43 Å². The fraction of sp³-hybridized carbons (Fsp3) is 0.294. The van der Waals surface area contributed by atoms with Crippen LogP contribution < -0.4 is 0 Å². The highest BCUT2D eigenvalue weighted by molar-refractivity contribution is 5.91. The number of nitrogens with zero attached hydrogens (tertiary/aromatic N) is 5. The van der Waals surface area contributed by atoms with Gasteiger partial charge in [0.1, 0.15) is 17.2 Å². The number of rotatable bonds is 3. The first-order chi connectivity index (χ1) is 12.2. The molecular weight excluding hydrogens is 326 g/mol. The van der Waals surface area contributed by atoms with Crippen LogP contribution in [0.15, 0.2) is 30.7 Å². The lowest BCUT2D eigenvalue weighted by atomic mass is 9.85. The number of alkyl halides is 2. The van der Waals surface area contributed by atoms with Gasteiger partial charge in [-0.25, -0.2) is 28.2 Å². The molecule has 0 aliphatic heterocycles.